The summed E-state index contributed by atoms with van der Waals surface area (Å²) in [6.07, 6.45) is 1.42. The van der Waals surface area contributed by atoms with Crippen LogP contribution in [0, 0.1) is 5.92 Å². The fourth-order valence-corrected chi connectivity index (χ4v) is 3.06. The molecule has 0 radical (unpaired) electrons. The van der Waals surface area contributed by atoms with Gasteiger partial charge in [-0.2, -0.15) is 0 Å². The minimum absolute atomic E-state index is 0.0349. The van der Waals surface area contributed by atoms with Crippen LogP contribution in [0.4, 0.5) is 0 Å². The SMILES string of the molecule is COc1ccc(CNC(=O)C(C)N2CCC(C(N)=O)CC2)cc1OC. The number of ether oxygens (including phenoxy) is 2. The highest BCUT2D eigenvalue weighted by molar-refractivity contribution is 5.81. The normalized spacial score (nSPS) is 16.9. The van der Waals surface area contributed by atoms with Gasteiger partial charge in [0.25, 0.3) is 0 Å². The zero-order chi connectivity index (χ0) is 18.4. The van der Waals surface area contributed by atoms with E-state index >= 15 is 0 Å². The van der Waals surface area contributed by atoms with Gasteiger partial charge in [-0.1, -0.05) is 6.07 Å². The van der Waals surface area contributed by atoms with Crippen LogP contribution < -0.4 is 20.5 Å². The number of methoxy groups -OCH3 is 2. The van der Waals surface area contributed by atoms with Crippen molar-refractivity contribution in [3.05, 3.63) is 23.8 Å². The Bertz CT molecular complexity index is 612. The smallest absolute Gasteiger partial charge is 0.237 e. The van der Waals surface area contributed by atoms with Crippen LogP contribution in [-0.2, 0) is 16.1 Å². The number of piperidine rings is 1. The minimum Gasteiger partial charge on any atom is -0.493 e. The molecule has 1 unspecified atom stereocenters. The lowest BCUT2D eigenvalue weighted by Gasteiger charge is -2.34. The molecule has 1 aliphatic rings. The Morgan fingerprint density at radius 1 is 1.24 bits per heavy atom. The van der Waals surface area contributed by atoms with Crippen LogP contribution in [0.15, 0.2) is 18.2 Å². The van der Waals surface area contributed by atoms with Crippen molar-refractivity contribution in [1.29, 1.82) is 0 Å². The van der Waals surface area contributed by atoms with Crippen LogP contribution in [0.1, 0.15) is 25.3 Å². The Hall–Kier alpha value is -2.28. The van der Waals surface area contributed by atoms with Gasteiger partial charge in [-0.15, -0.1) is 0 Å². The average Bonchev–Trinajstić information content (AvgIpc) is 2.65. The third-order valence-corrected chi connectivity index (χ3v) is 4.77. The molecule has 1 heterocycles. The first-order valence-corrected chi connectivity index (χ1v) is 8.48. The number of rotatable bonds is 7. The molecule has 7 heteroatoms. The Morgan fingerprint density at radius 2 is 1.88 bits per heavy atom. The summed E-state index contributed by atoms with van der Waals surface area (Å²) in [7, 11) is 3.17. The molecular formula is C18H27N3O4. The Labute approximate surface area is 148 Å². The number of hydrogen-bond donors (Lipinski definition) is 2. The van der Waals surface area contributed by atoms with Gasteiger partial charge in [-0.05, 0) is 50.6 Å². The monoisotopic (exact) mass is 349 g/mol. The third-order valence-electron chi connectivity index (χ3n) is 4.77. The maximum absolute atomic E-state index is 12.4. The summed E-state index contributed by atoms with van der Waals surface area (Å²) in [5.41, 5.74) is 6.28. The summed E-state index contributed by atoms with van der Waals surface area (Å²) >= 11 is 0. The number of hydrogen-bond acceptors (Lipinski definition) is 5. The molecule has 2 amide bonds. The zero-order valence-electron chi connectivity index (χ0n) is 15.1. The van der Waals surface area contributed by atoms with E-state index in [-0.39, 0.29) is 23.8 Å². The van der Waals surface area contributed by atoms with Gasteiger partial charge in [-0.3, -0.25) is 14.5 Å². The van der Waals surface area contributed by atoms with Crippen LogP contribution in [0.2, 0.25) is 0 Å². The van der Waals surface area contributed by atoms with E-state index in [1.54, 1.807) is 14.2 Å². The molecule has 138 valence electrons. The third kappa shape index (κ3) is 4.85. The molecule has 0 aromatic heterocycles. The minimum atomic E-state index is -0.245. The molecule has 0 bridgehead atoms. The van der Waals surface area contributed by atoms with Crippen molar-refractivity contribution >= 4 is 11.8 Å². The number of likely N-dealkylation sites (tertiary alicyclic amines) is 1. The number of carbonyl (C=O) groups is 2. The molecule has 1 saturated heterocycles. The number of nitrogens with one attached hydrogen (secondary N) is 1. The van der Waals surface area contributed by atoms with Gasteiger partial charge in [0.15, 0.2) is 11.5 Å². The molecule has 1 fully saturated rings. The molecule has 3 N–H and O–H groups in total. The number of benzene rings is 1. The van der Waals surface area contributed by atoms with E-state index in [9.17, 15) is 9.59 Å². The fourth-order valence-electron chi connectivity index (χ4n) is 3.06. The van der Waals surface area contributed by atoms with Crippen molar-refractivity contribution in [3.8, 4) is 11.5 Å². The van der Waals surface area contributed by atoms with Gasteiger partial charge in [0.1, 0.15) is 0 Å². The van der Waals surface area contributed by atoms with E-state index in [2.05, 4.69) is 10.2 Å². The second-order valence-electron chi connectivity index (χ2n) is 6.30. The standard InChI is InChI=1S/C18H27N3O4/c1-12(21-8-6-14(7-9-21)17(19)22)18(23)20-11-13-4-5-15(24-2)16(10-13)25-3/h4-5,10,12,14H,6-9,11H2,1-3H3,(H2,19,22)(H,20,23). The van der Waals surface area contributed by atoms with Crippen LogP contribution in [-0.4, -0.2) is 50.1 Å². The van der Waals surface area contributed by atoms with Crippen molar-refractivity contribution in [2.45, 2.75) is 32.4 Å². The van der Waals surface area contributed by atoms with Gasteiger partial charge in [0, 0.05) is 12.5 Å². The Morgan fingerprint density at radius 3 is 2.44 bits per heavy atom. The lowest BCUT2D eigenvalue weighted by molar-refractivity contribution is -0.127. The predicted molar refractivity (Wildman–Crippen MR) is 94.3 cm³/mol. The van der Waals surface area contributed by atoms with Crippen LogP contribution in [0.5, 0.6) is 11.5 Å². The van der Waals surface area contributed by atoms with Crippen molar-refractivity contribution in [2.75, 3.05) is 27.3 Å². The van der Waals surface area contributed by atoms with Crippen molar-refractivity contribution in [2.24, 2.45) is 11.7 Å². The van der Waals surface area contributed by atoms with Crippen LogP contribution >= 0.6 is 0 Å². The molecule has 1 aromatic carbocycles. The quantitative estimate of drug-likeness (QED) is 0.763. The molecule has 1 atom stereocenters. The summed E-state index contributed by atoms with van der Waals surface area (Å²) in [6, 6.07) is 5.32. The van der Waals surface area contributed by atoms with E-state index in [0.29, 0.717) is 44.0 Å². The molecule has 2 rings (SSSR count). The molecule has 0 saturated carbocycles. The average molecular weight is 349 g/mol. The van der Waals surface area contributed by atoms with E-state index in [1.807, 2.05) is 25.1 Å². The Balaban J connectivity index is 1.86. The second kappa shape index (κ2) is 8.71. The van der Waals surface area contributed by atoms with Gasteiger partial charge in [0.05, 0.1) is 20.3 Å². The summed E-state index contributed by atoms with van der Waals surface area (Å²) < 4.78 is 10.5. The second-order valence-corrected chi connectivity index (χ2v) is 6.30. The van der Waals surface area contributed by atoms with Gasteiger partial charge >= 0.3 is 0 Å². The highest BCUT2D eigenvalue weighted by Crippen LogP contribution is 2.27. The molecule has 0 aliphatic carbocycles. The number of amides is 2. The van der Waals surface area contributed by atoms with E-state index < -0.39 is 0 Å². The summed E-state index contributed by atoms with van der Waals surface area (Å²) in [5, 5.41) is 2.95. The number of primary amides is 1. The first-order chi connectivity index (χ1) is 12.0. The lowest BCUT2D eigenvalue weighted by Crippen LogP contribution is -2.49. The molecule has 0 spiro atoms. The molecule has 1 aromatic rings. The van der Waals surface area contributed by atoms with Gasteiger partial charge in [0.2, 0.25) is 11.8 Å². The summed E-state index contributed by atoms with van der Waals surface area (Å²) in [6.45, 7) is 3.72. The van der Waals surface area contributed by atoms with Crippen molar-refractivity contribution in [3.63, 3.8) is 0 Å². The molecular weight excluding hydrogens is 322 g/mol. The number of carbonyl (C=O) groups excluding carboxylic acids is 2. The van der Waals surface area contributed by atoms with Gasteiger partial charge in [-0.25, -0.2) is 0 Å². The van der Waals surface area contributed by atoms with Crippen LogP contribution in [0.3, 0.4) is 0 Å². The number of nitrogens with two attached hydrogens (primary N) is 1. The molecule has 25 heavy (non-hydrogen) atoms. The molecule has 7 nitrogen and oxygen atoms in total. The maximum Gasteiger partial charge on any atom is 0.237 e. The first kappa shape index (κ1) is 19.1. The van der Waals surface area contributed by atoms with Gasteiger partial charge < -0.3 is 20.5 Å². The Kier molecular flexibility index (Phi) is 6.64. The number of nitrogens with zero attached hydrogens (tertiary/aromatic N) is 1. The largest absolute Gasteiger partial charge is 0.493 e. The topological polar surface area (TPSA) is 93.9 Å². The molecule has 1 aliphatic heterocycles. The zero-order valence-corrected chi connectivity index (χ0v) is 15.1. The van der Waals surface area contributed by atoms with E-state index in [1.165, 1.54) is 0 Å². The summed E-state index contributed by atoms with van der Waals surface area (Å²) in [5.74, 6) is 0.940. The van der Waals surface area contributed by atoms with Crippen molar-refractivity contribution < 1.29 is 19.1 Å². The maximum atomic E-state index is 12.4. The van der Waals surface area contributed by atoms with Crippen molar-refractivity contribution in [1.82, 2.24) is 10.2 Å². The fraction of sp³-hybridized carbons (Fsp3) is 0.556. The lowest BCUT2D eigenvalue weighted by atomic mass is 9.95. The van der Waals surface area contributed by atoms with E-state index in [0.717, 1.165) is 5.56 Å². The highest BCUT2D eigenvalue weighted by Gasteiger charge is 2.28. The highest BCUT2D eigenvalue weighted by atomic mass is 16.5. The van der Waals surface area contributed by atoms with E-state index in [4.69, 9.17) is 15.2 Å². The summed E-state index contributed by atoms with van der Waals surface area (Å²) in [4.78, 5) is 25.7. The first-order valence-electron chi connectivity index (χ1n) is 8.48. The van der Waals surface area contributed by atoms with Crippen LogP contribution in [0.25, 0.3) is 0 Å². The predicted octanol–water partition coefficient (Wildman–Crippen LogP) is 0.906.